The number of methoxy groups -OCH3 is 1. The van der Waals surface area contributed by atoms with E-state index in [1.165, 1.54) is 14.2 Å². The molecule has 1 aromatic heterocycles. The zero-order chi connectivity index (χ0) is 24.6. The maximum absolute atomic E-state index is 13.4. The first-order valence-corrected chi connectivity index (χ1v) is 10.6. The minimum absolute atomic E-state index is 0.230. The Morgan fingerprint density at radius 3 is 2.58 bits per heavy atom. The number of benzene rings is 1. The summed E-state index contributed by atoms with van der Waals surface area (Å²) in [6.07, 6.45) is -3.34. The average Bonchev–Trinajstić information content (AvgIpc) is 3.14. The maximum atomic E-state index is 13.4. The summed E-state index contributed by atoms with van der Waals surface area (Å²) < 4.78 is 46.4. The third-order valence-corrected chi connectivity index (χ3v) is 6.19. The minimum atomic E-state index is -4.60. The number of halogens is 3. The van der Waals surface area contributed by atoms with E-state index in [1.807, 2.05) is 13.0 Å². The first-order chi connectivity index (χ1) is 15.5. The van der Waals surface area contributed by atoms with Crippen molar-refractivity contribution in [1.29, 1.82) is 5.26 Å². The molecule has 1 aliphatic heterocycles. The van der Waals surface area contributed by atoms with E-state index in [9.17, 15) is 28.0 Å². The maximum Gasteiger partial charge on any atom is 0.392 e. The van der Waals surface area contributed by atoms with Crippen molar-refractivity contribution in [3.05, 3.63) is 40.6 Å². The highest BCUT2D eigenvalue weighted by Crippen LogP contribution is 2.39. The topological polar surface area (TPSA) is 75.3 Å². The quantitative estimate of drug-likeness (QED) is 0.556. The van der Waals surface area contributed by atoms with Gasteiger partial charge in [-0.15, -0.1) is 0 Å². The van der Waals surface area contributed by atoms with Gasteiger partial charge in [-0.1, -0.05) is 13.3 Å². The lowest BCUT2D eigenvalue weighted by atomic mass is 9.93. The second-order valence-electron chi connectivity index (χ2n) is 8.47. The predicted octanol–water partition coefficient (Wildman–Crippen LogP) is 4.79. The zero-order valence-electron chi connectivity index (χ0n) is 19.0. The summed E-state index contributed by atoms with van der Waals surface area (Å²) in [6.45, 7) is 3.54. The van der Waals surface area contributed by atoms with Gasteiger partial charge in [0.05, 0.1) is 30.9 Å². The lowest BCUT2D eigenvalue weighted by Gasteiger charge is -2.34. The van der Waals surface area contributed by atoms with Crippen molar-refractivity contribution >= 4 is 12.2 Å². The Morgan fingerprint density at radius 2 is 2.03 bits per heavy atom. The molecule has 0 fully saturated rings. The number of fused-ring (bicyclic) bond motifs is 3. The monoisotopic (exact) mass is 461 g/mol. The summed E-state index contributed by atoms with van der Waals surface area (Å²) in [4.78, 5) is 25.8. The molecule has 0 saturated carbocycles. The SMILES string of the molecule is CCCc1cc(C(=O)N(C)C(C)(C#N)CC(F)(F)F)n2c1-c1cc(C=O)c(OC)cc1CC2. The molecule has 1 aromatic carbocycles. The Bertz CT molecular complexity index is 1130. The molecule has 0 saturated heterocycles. The average molecular weight is 461 g/mol. The molecule has 1 aliphatic rings. The number of aldehydes is 1. The molecule has 1 atom stereocenters. The molecule has 1 unspecified atom stereocenters. The van der Waals surface area contributed by atoms with E-state index < -0.39 is 24.0 Å². The van der Waals surface area contributed by atoms with Crippen LogP contribution in [-0.4, -0.2) is 47.5 Å². The van der Waals surface area contributed by atoms with Crippen LogP contribution >= 0.6 is 0 Å². The summed E-state index contributed by atoms with van der Waals surface area (Å²) in [6, 6.07) is 6.90. The molecule has 0 bridgehead atoms. The van der Waals surface area contributed by atoms with E-state index in [4.69, 9.17) is 4.74 Å². The first kappa shape index (κ1) is 24.4. The number of carbonyl (C=O) groups excluding carboxylic acids is 2. The molecule has 9 heteroatoms. The van der Waals surface area contributed by atoms with Gasteiger partial charge in [0.25, 0.3) is 5.91 Å². The predicted molar refractivity (Wildman–Crippen MR) is 116 cm³/mol. The number of nitriles is 1. The number of hydrogen-bond donors (Lipinski definition) is 0. The van der Waals surface area contributed by atoms with Crippen LogP contribution in [0, 0.1) is 11.3 Å². The van der Waals surface area contributed by atoms with Crippen LogP contribution in [0.3, 0.4) is 0 Å². The van der Waals surface area contributed by atoms with Crippen LogP contribution in [0.4, 0.5) is 13.2 Å². The van der Waals surface area contributed by atoms with E-state index in [1.54, 1.807) is 22.8 Å². The van der Waals surface area contributed by atoms with Crippen molar-refractivity contribution in [2.45, 2.75) is 57.8 Å². The molecule has 1 amide bonds. The molecule has 0 radical (unpaired) electrons. The van der Waals surface area contributed by atoms with Crippen molar-refractivity contribution in [2.75, 3.05) is 14.2 Å². The van der Waals surface area contributed by atoms with E-state index in [0.29, 0.717) is 37.0 Å². The largest absolute Gasteiger partial charge is 0.496 e. The van der Waals surface area contributed by atoms with Crippen LogP contribution in [0.25, 0.3) is 11.3 Å². The Morgan fingerprint density at radius 1 is 1.33 bits per heavy atom. The Balaban J connectivity index is 2.14. The Hall–Kier alpha value is -3.28. The summed E-state index contributed by atoms with van der Waals surface area (Å²) in [5, 5.41) is 9.48. The highest BCUT2D eigenvalue weighted by Gasteiger charge is 2.45. The van der Waals surface area contributed by atoms with Gasteiger partial charge >= 0.3 is 6.18 Å². The van der Waals surface area contributed by atoms with Gasteiger partial charge in [0, 0.05) is 19.2 Å². The molecule has 3 rings (SSSR count). The van der Waals surface area contributed by atoms with E-state index >= 15 is 0 Å². The number of ether oxygens (including phenoxy) is 1. The standard InChI is InChI=1S/C24H26F3N3O3/c1-5-6-16-10-19(22(32)29(3)23(2,14-28)13-24(25,26)27)30-8-7-15-11-20(33-4)17(12-31)9-18(15)21(16)30/h9-12H,5-8,13H2,1-4H3. The Labute approximate surface area is 190 Å². The number of amides is 1. The molecule has 2 aromatic rings. The lowest BCUT2D eigenvalue weighted by Crippen LogP contribution is -2.49. The molecule has 0 N–H and O–H groups in total. The van der Waals surface area contributed by atoms with Crippen molar-refractivity contribution in [2.24, 2.45) is 0 Å². The van der Waals surface area contributed by atoms with Gasteiger partial charge in [-0.25, -0.2) is 0 Å². The molecule has 33 heavy (non-hydrogen) atoms. The number of aryl methyl sites for hydroxylation is 2. The summed E-state index contributed by atoms with van der Waals surface area (Å²) in [5.41, 5.74) is 1.96. The fourth-order valence-corrected chi connectivity index (χ4v) is 4.38. The molecule has 176 valence electrons. The van der Waals surface area contributed by atoms with Crippen LogP contribution in [0.15, 0.2) is 18.2 Å². The molecule has 0 spiro atoms. The number of nitrogens with zero attached hydrogens (tertiary/aromatic N) is 3. The first-order valence-electron chi connectivity index (χ1n) is 10.6. The molecule has 2 heterocycles. The van der Waals surface area contributed by atoms with Crippen molar-refractivity contribution in [1.82, 2.24) is 9.47 Å². The van der Waals surface area contributed by atoms with Crippen molar-refractivity contribution < 1.29 is 27.5 Å². The van der Waals surface area contributed by atoms with Gasteiger partial charge in [0.2, 0.25) is 0 Å². The molecular weight excluding hydrogens is 435 g/mol. The normalized spacial score (nSPS) is 14.5. The van der Waals surface area contributed by atoms with E-state index in [0.717, 1.165) is 40.6 Å². The third kappa shape index (κ3) is 4.47. The van der Waals surface area contributed by atoms with Crippen molar-refractivity contribution in [3.8, 4) is 23.1 Å². The summed E-state index contributed by atoms with van der Waals surface area (Å²) >= 11 is 0. The molecule has 6 nitrogen and oxygen atoms in total. The van der Waals surface area contributed by atoms with Gasteiger partial charge in [-0.3, -0.25) is 9.59 Å². The third-order valence-electron chi connectivity index (χ3n) is 6.19. The second kappa shape index (κ2) is 8.93. The molecule has 0 aliphatic carbocycles. The highest BCUT2D eigenvalue weighted by atomic mass is 19.4. The number of hydrogen-bond acceptors (Lipinski definition) is 4. The number of carbonyl (C=O) groups is 2. The smallest absolute Gasteiger partial charge is 0.392 e. The number of alkyl halides is 3. The zero-order valence-corrected chi connectivity index (χ0v) is 19.0. The van der Waals surface area contributed by atoms with Crippen LogP contribution in [-0.2, 0) is 19.4 Å². The van der Waals surface area contributed by atoms with Crippen molar-refractivity contribution in [3.63, 3.8) is 0 Å². The lowest BCUT2D eigenvalue weighted by molar-refractivity contribution is -0.150. The van der Waals surface area contributed by atoms with Crippen LogP contribution in [0.2, 0.25) is 0 Å². The second-order valence-corrected chi connectivity index (χ2v) is 8.47. The fraction of sp³-hybridized carbons (Fsp3) is 0.458. The molecular formula is C24H26F3N3O3. The number of aromatic nitrogens is 1. The van der Waals surface area contributed by atoms with Gasteiger partial charge < -0.3 is 14.2 Å². The van der Waals surface area contributed by atoms with Gasteiger partial charge in [0.15, 0.2) is 6.29 Å². The van der Waals surface area contributed by atoms with Crippen LogP contribution in [0.5, 0.6) is 5.75 Å². The van der Waals surface area contributed by atoms with E-state index in [2.05, 4.69) is 0 Å². The fourth-order valence-electron chi connectivity index (χ4n) is 4.38. The van der Waals surface area contributed by atoms with E-state index in [-0.39, 0.29) is 5.69 Å². The van der Waals surface area contributed by atoms with Crippen LogP contribution in [0.1, 0.15) is 58.7 Å². The summed E-state index contributed by atoms with van der Waals surface area (Å²) in [7, 11) is 2.71. The Kier molecular flexibility index (Phi) is 6.59. The van der Waals surface area contributed by atoms with Gasteiger partial charge in [-0.2, -0.15) is 18.4 Å². The van der Waals surface area contributed by atoms with Gasteiger partial charge in [-0.05, 0) is 49.1 Å². The van der Waals surface area contributed by atoms with Crippen LogP contribution < -0.4 is 4.74 Å². The minimum Gasteiger partial charge on any atom is -0.496 e. The summed E-state index contributed by atoms with van der Waals surface area (Å²) in [5.74, 6) is -0.187. The highest BCUT2D eigenvalue weighted by molar-refractivity contribution is 5.96. The number of rotatable bonds is 7. The van der Waals surface area contributed by atoms with Gasteiger partial charge in [0.1, 0.15) is 17.0 Å².